The molecule has 3 N–H and O–H groups in total. The van der Waals surface area contributed by atoms with Gasteiger partial charge in [0.05, 0.1) is 30.6 Å². The van der Waals surface area contributed by atoms with Crippen LogP contribution < -0.4 is 15.5 Å². The van der Waals surface area contributed by atoms with E-state index in [0.29, 0.717) is 44.4 Å². The Hall–Kier alpha value is -2.75. The van der Waals surface area contributed by atoms with Gasteiger partial charge in [0.2, 0.25) is 0 Å². The number of carbonyl (C=O) groups is 1. The summed E-state index contributed by atoms with van der Waals surface area (Å²) < 4.78 is 5.67. The Morgan fingerprint density at radius 1 is 1.24 bits per heavy atom. The molecule has 1 saturated heterocycles. The van der Waals surface area contributed by atoms with Crippen LogP contribution in [0.25, 0.3) is 11.4 Å². The standard InChI is InChI=1S/C25H36N6O3/c1-5-26-24(32)27-19-8-6-18(7-9-19)22-28-21-14-30(16-25(3,4)33)11-10-20(21)23(29-22)31-12-13-34-15-17(31)2/h6-9,17,33H,5,10-16H2,1-4H3,(H2,26,27,32)/t17-/m0/s1. The van der Waals surface area contributed by atoms with E-state index in [1.165, 1.54) is 5.56 Å². The average molecular weight is 469 g/mol. The van der Waals surface area contributed by atoms with Gasteiger partial charge in [0.1, 0.15) is 5.82 Å². The molecule has 1 aromatic heterocycles. The molecule has 2 aliphatic heterocycles. The molecule has 34 heavy (non-hydrogen) atoms. The van der Waals surface area contributed by atoms with Crippen molar-refractivity contribution in [1.82, 2.24) is 20.2 Å². The third kappa shape index (κ3) is 5.84. The molecule has 2 aliphatic rings. The Bertz CT molecular complexity index is 1000. The van der Waals surface area contributed by atoms with Crippen LogP contribution in [0.1, 0.15) is 39.0 Å². The van der Waals surface area contributed by atoms with Gasteiger partial charge in [-0.3, -0.25) is 4.90 Å². The van der Waals surface area contributed by atoms with Gasteiger partial charge in [-0.1, -0.05) is 0 Å². The first kappa shape index (κ1) is 24.4. The molecule has 4 rings (SSSR count). The molecule has 0 unspecified atom stereocenters. The molecule has 0 spiro atoms. The Morgan fingerprint density at radius 2 is 2.00 bits per heavy atom. The lowest BCUT2D eigenvalue weighted by molar-refractivity contribution is 0.0312. The minimum absolute atomic E-state index is 0.226. The maximum atomic E-state index is 11.8. The number of urea groups is 1. The van der Waals surface area contributed by atoms with Gasteiger partial charge in [-0.05, 0) is 58.4 Å². The normalized spacial score (nSPS) is 19.0. The third-order valence-electron chi connectivity index (χ3n) is 6.11. The fourth-order valence-electron chi connectivity index (χ4n) is 4.59. The number of hydrogen-bond donors (Lipinski definition) is 3. The first-order valence-electron chi connectivity index (χ1n) is 12.1. The number of morpholine rings is 1. The van der Waals surface area contributed by atoms with Crippen molar-refractivity contribution >= 4 is 17.5 Å². The Morgan fingerprint density at radius 3 is 2.68 bits per heavy atom. The van der Waals surface area contributed by atoms with Gasteiger partial charge in [0.15, 0.2) is 5.82 Å². The van der Waals surface area contributed by atoms with Crippen molar-refractivity contribution in [2.75, 3.05) is 49.6 Å². The highest BCUT2D eigenvalue weighted by Gasteiger charge is 2.30. The Balaban J connectivity index is 1.67. The second-order valence-electron chi connectivity index (χ2n) is 9.75. The summed E-state index contributed by atoms with van der Waals surface area (Å²) in [6, 6.07) is 7.62. The average Bonchev–Trinajstić information content (AvgIpc) is 2.78. The maximum absolute atomic E-state index is 11.8. The largest absolute Gasteiger partial charge is 0.389 e. The first-order chi connectivity index (χ1) is 16.2. The SMILES string of the molecule is CCNC(=O)Nc1ccc(-c2nc3c(c(N4CCOC[C@@H]4C)n2)CCN(CC(C)(C)O)C3)cc1. The molecule has 0 bridgehead atoms. The molecule has 1 fully saturated rings. The van der Waals surface area contributed by atoms with E-state index in [2.05, 4.69) is 27.4 Å². The summed E-state index contributed by atoms with van der Waals surface area (Å²) in [6.45, 7) is 12.6. The molecule has 9 nitrogen and oxygen atoms in total. The number of fused-ring (bicyclic) bond motifs is 1. The van der Waals surface area contributed by atoms with E-state index in [4.69, 9.17) is 14.7 Å². The van der Waals surface area contributed by atoms with Crippen molar-refractivity contribution < 1.29 is 14.6 Å². The smallest absolute Gasteiger partial charge is 0.319 e. The minimum atomic E-state index is -0.762. The maximum Gasteiger partial charge on any atom is 0.319 e. The van der Waals surface area contributed by atoms with Gasteiger partial charge in [0, 0.05) is 49.5 Å². The first-order valence-corrected chi connectivity index (χ1v) is 12.1. The Kier molecular flexibility index (Phi) is 7.35. The summed E-state index contributed by atoms with van der Waals surface area (Å²) in [5, 5.41) is 15.9. The minimum Gasteiger partial charge on any atom is -0.389 e. The molecular weight excluding hydrogens is 432 g/mol. The fourth-order valence-corrected chi connectivity index (χ4v) is 4.59. The summed E-state index contributed by atoms with van der Waals surface area (Å²) in [6.07, 6.45) is 0.848. The molecule has 0 aliphatic carbocycles. The van der Waals surface area contributed by atoms with Crippen LogP contribution in [-0.2, 0) is 17.7 Å². The van der Waals surface area contributed by atoms with Crippen LogP contribution in [-0.4, -0.2) is 77.0 Å². The van der Waals surface area contributed by atoms with Crippen LogP contribution in [0.15, 0.2) is 24.3 Å². The molecule has 1 atom stereocenters. The number of benzene rings is 1. The number of carbonyl (C=O) groups excluding carboxylic acids is 1. The summed E-state index contributed by atoms with van der Waals surface area (Å²) in [5.41, 5.74) is 3.05. The molecule has 1 aromatic carbocycles. The molecule has 3 heterocycles. The van der Waals surface area contributed by atoms with E-state index >= 15 is 0 Å². The summed E-state index contributed by atoms with van der Waals surface area (Å²) in [7, 11) is 0. The number of rotatable bonds is 6. The number of ether oxygens (including phenoxy) is 1. The van der Waals surface area contributed by atoms with E-state index in [1.807, 2.05) is 45.0 Å². The van der Waals surface area contributed by atoms with Crippen molar-refractivity contribution in [3.63, 3.8) is 0 Å². The number of amides is 2. The third-order valence-corrected chi connectivity index (χ3v) is 6.11. The summed E-state index contributed by atoms with van der Waals surface area (Å²) >= 11 is 0. The molecule has 0 radical (unpaired) electrons. The van der Waals surface area contributed by atoms with Crippen LogP contribution in [0.5, 0.6) is 0 Å². The van der Waals surface area contributed by atoms with Crippen molar-refractivity contribution in [3.8, 4) is 11.4 Å². The number of nitrogens with zero attached hydrogens (tertiary/aromatic N) is 4. The topological polar surface area (TPSA) is 103 Å². The highest BCUT2D eigenvalue weighted by molar-refractivity contribution is 5.89. The van der Waals surface area contributed by atoms with Crippen molar-refractivity contribution in [1.29, 1.82) is 0 Å². The number of nitrogens with one attached hydrogen (secondary N) is 2. The van der Waals surface area contributed by atoms with Crippen molar-refractivity contribution in [2.45, 2.75) is 52.3 Å². The molecule has 2 amide bonds. The lowest BCUT2D eigenvalue weighted by Gasteiger charge is -2.38. The molecule has 2 aromatic rings. The predicted octanol–water partition coefficient (Wildman–Crippen LogP) is 2.64. The van der Waals surface area contributed by atoms with Gasteiger partial charge in [-0.25, -0.2) is 14.8 Å². The van der Waals surface area contributed by atoms with Gasteiger partial charge < -0.3 is 25.4 Å². The van der Waals surface area contributed by atoms with Gasteiger partial charge in [-0.15, -0.1) is 0 Å². The lowest BCUT2D eigenvalue weighted by Crippen LogP contribution is -2.46. The van der Waals surface area contributed by atoms with Gasteiger partial charge in [-0.2, -0.15) is 0 Å². The zero-order chi connectivity index (χ0) is 24.3. The van der Waals surface area contributed by atoms with Crippen molar-refractivity contribution in [2.24, 2.45) is 0 Å². The summed E-state index contributed by atoms with van der Waals surface area (Å²) in [5.74, 6) is 1.66. The number of β-amino-alcohol motifs (C(OH)–C–C–N with tert-alkyl or cyclic N) is 1. The molecule has 184 valence electrons. The van der Waals surface area contributed by atoms with Crippen LogP contribution in [0.4, 0.5) is 16.3 Å². The van der Waals surface area contributed by atoms with E-state index in [-0.39, 0.29) is 12.1 Å². The number of aromatic nitrogens is 2. The zero-order valence-corrected chi connectivity index (χ0v) is 20.6. The highest BCUT2D eigenvalue weighted by atomic mass is 16.5. The Labute approximate surface area is 201 Å². The highest BCUT2D eigenvalue weighted by Crippen LogP contribution is 2.32. The second kappa shape index (κ2) is 10.2. The van der Waals surface area contributed by atoms with Gasteiger partial charge in [0.25, 0.3) is 0 Å². The van der Waals surface area contributed by atoms with Crippen LogP contribution in [0, 0.1) is 0 Å². The quantitative estimate of drug-likeness (QED) is 0.599. The number of aliphatic hydroxyl groups is 1. The molecular formula is C25H36N6O3. The van der Waals surface area contributed by atoms with E-state index in [1.54, 1.807) is 0 Å². The van der Waals surface area contributed by atoms with Gasteiger partial charge >= 0.3 is 6.03 Å². The summed E-state index contributed by atoms with van der Waals surface area (Å²) in [4.78, 5) is 26.4. The molecule has 9 heteroatoms. The monoisotopic (exact) mass is 468 g/mol. The number of anilines is 2. The van der Waals surface area contributed by atoms with Crippen LogP contribution in [0.2, 0.25) is 0 Å². The number of hydrogen-bond acceptors (Lipinski definition) is 7. The van der Waals surface area contributed by atoms with E-state index < -0.39 is 5.60 Å². The van der Waals surface area contributed by atoms with Crippen LogP contribution in [0.3, 0.4) is 0 Å². The molecule has 0 saturated carbocycles. The van der Waals surface area contributed by atoms with E-state index in [9.17, 15) is 9.90 Å². The second-order valence-corrected chi connectivity index (χ2v) is 9.75. The lowest BCUT2D eigenvalue weighted by atomic mass is 10.0. The van der Waals surface area contributed by atoms with Crippen LogP contribution >= 0.6 is 0 Å². The van der Waals surface area contributed by atoms with E-state index in [0.717, 1.165) is 36.6 Å². The fraction of sp³-hybridized carbons (Fsp3) is 0.560. The van der Waals surface area contributed by atoms with Crippen molar-refractivity contribution in [3.05, 3.63) is 35.5 Å². The predicted molar refractivity (Wildman–Crippen MR) is 133 cm³/mol. The zero-order valence-electron chi connectivity index (χ0n) is 20.6.